The van der Waals surface area contributed by atoms with Crippen LogP contribution in [0.3, 0.4) is 0 Å². The van der Waals surface area contributed by atoms with Gasteiger partial charge < -0.3 is 0 Å². The molecule has 0 aliphatic carbocycles. The van der Waals surface area contributed by atoms with Crippen molar-refractivity contribution in [1.82, 2.24) is 10.4 Å². The minimum absolute atomic E-state index is 0.294. The van der Waals surface area contributed by atoms with Crippen molar-refractivity contribution in [2.75, 3.05) is 0 Å². The van der Waals surface area contributed by atoms with Gasteiger partial charge in [0.1, 0.15) is 5.82 Å². The van der Waals surface area contributed by atoms with Crippen LogP contribution >= 0.6 is 11.6 Å². The van der Waals surface area contributed by atoms with Gasteiger partial charge in [-0.15, -0.1) is 0 Å². The van der Waals surface area contributed by atoms with E-state index in [1.165, 1.54) is 12.3 Å². The topological polar surface area (TPSA) is 50.9 Å². The van der Waals surface area contributed by atoms with Gasteiger partial charge in [-0.3, -0.25) is 10.8 Å². The van der Waals surface area contributed by atoms with Crippen LogP contribution in [0.4, 0.5) is 4.39 Å². The zero-order valence-electron chi connectivity index (χ0n) is 10.7. The van der Waals surface area contributed by atoms with Crippen LogP contribution in [0.2, 0.25) is 5.02 Å². The first kappa shape index (κ1) is 13.9. The van der Waals surface area contributed by atoms with Gasteiger partial charge in [-0.05, 0) is 43.2 Å². The van der Waals surface area contributed by atoms with Gasteiger partial charge in [0.15, 0.2) is 0 Å². The zero-order valence-corrected chi connectivity index (χ0v) is 11.5. The van der Waals surface area contributed by atoms with Crippen molar-refractivity contribution in [1.29, 1.82) is 0 Å². The number of nitrogens with zero attached hydrogens (tertiary/aromatic N) is 1. The quantitative estimate of drug-likeness (QED) is 0.671. The number of pyridine rings is 1. The zero-order chi connectivity index (χ0) is 14.0. The number of aryl methyl sites for hydroxylation is 2. The predicted molar refractivity (Wildman–Crippen MR) is 74.3 cm³/mol. The summed E-state index contributed by atoms with van der Waals surface area (Å²) in [5.74, 6) is 5.27. The first-order valence-corrected chi connectivity index (χ1v) is 6.25. The van der Waals surface area contributed by atoms with Gasteiger partial charge in [0.2, 0.25) is 0 Å². The van der Waals surface area contributed by atoms with E-state index in [0.717, 1.165) is 11.1 Å². The Kier molecular flexibility index (Phi) is 4.14. The number of nitrogens with two attached hydrogens (primary N) is 1. The highest BCUT2D eigenvalue weighted by molar-refractivity contribution is 6.30. The second kappa shape index (κ2) is 5.65. The van der Waals surface area contributed by atoms with Gasteiger partial charge in [-0.2, -0.15) is 0 Å². The monoisotopic (exact) mass is 279 g/mol. The Balaban J connectivity index is 2.51. The molecule has 1 atom stereocenters. The minimum Gasteiger partial charge on any atom is -0.271 e. The number of nitrogens with one attached hydrogen (secondary N) is 1. The second-order valence-corrected chi connectivity index (χ2v) is 4.91. The van der Waals surface area contributed by atoms with Gasteiger partial charge in [0.25, 0.3) is 0 Å². The summed E-state index contributed by atoms with van der Waals surface area (Å²) < 4.78 is 14.2. The van der Waals surface area contributed by atoms with Crippen molar-refractivity contribution >= 4 is 11.6 Å². The molecule has 2 aromatic rings. The average Bonchev–Trinajstić information content (AvgIpc) is 2.35. The SMILES string of the molecule is Cc1cc(C)c(C(NN)c2ccc(Cl)cn2)c(F)c1. The molecule has 0 spiro atoms. The van der Waals surface area contributed by atoms with Crippen molar-refractivity contribution in [2.45, 2.75) is 19.9 Å². The lowest BCUT2D eigenvalue weighted by atomic mass is 9.96. The standard InChI is InChI=1S/C14H15ClFN3/c1-8-5-9(2)13(11(16)6-8)14(19-17)12-4-3-10(15)7-18-12/h3-7,14,19H,17H2,1-2H3. The van der Waals surface area contributed by atoms with E-state index in [9.17, 15) is 4.39 Å². The maximum atomic E-state index is 14.2. The summed E-state index contributed by atoms with van der Waals surface area (Å²) in [5.41, 5.74) is 5.44. The molecular formula is C14H15ClFN3. The molecule has 0 saturated carbocycles. The summed E-state index contributed by atoms with van der Waals surface area (Å²) in [6.45, 7) is 3.71. The molecule has 1 heterocycles. The minimum atomic E-state index is -0.502. The molecule has 0 aliphatic heterocycles. The lowest BCUT2D eigenvalue weighted by Gasteiger charge is -2.19. The van der Waals surface area contributed by atoms with Crippen molar-refractivity contribution in [2.24, 2.45) is 5.84 Å². The van der Waals surface area contributed by atoms with Crippen LogP contribution in [-0.4, -0.2) is 4.98 Å². The van der Waals surface area contributed by atoms with Crippen molar-refractivity contribution < 1.29 is 4.39 Å². The number of hydrazine groups is 1. The molecule has 0 saturated heterocycles. The van der Waals surface area contributed by atoms with Gasteiger partial charge in [-0.1, -0.05) is 17.7 Å². The highest BCUT2D eigenvalue weighted by atomic mass is 35.5. The van der Waals surface area contributed by atoms with E-state index in [-0.39, 0.29) is 5.82 Å². The van der Waals surface area contributed by atoms with Crippen molar-refractivity contribution in [3.8, 4) is 0 Å². The molecule has 1 aromatic heterocycles. The molecule has 0 aliphatic rings. The summed E-state index contributed by atoms with van der Waals surface area (Å²) in [7, 11) is 0. The van der Waals surface area contributed by atoms with Crippen LogP contribution in [0.15, 0.2) is 30.5 Å². The van der Waals surface area contributed by atoms with Crippen LogP contribution in [-0.2, 0) is 0 Å². The maximum absolute atomic E-state index is 14.2. The number of hydrogen-bond acceptors (Lipinski definition) is 3. The van der Waals surface area contributed by atoms with Gasteiger partial charge in [-0.25, -0.2) is 9.82 Å². The number of halogens is 2. The predicted octanol–water partition coefficient (Wildman–Crippen LogP) is 3.04. The Bertz CT molecular complexity index is 561. The smallest absolute Gasteiger partial charge is 0.128 e. The van der Waals surface area contributed by atoms with E-state index in [0.29, 0.717) is 16.3 Å². The van der Waals surface area contributed by atoms with Crippen LogP contribution in [0.1, 0.15) is 28.4 Å². The normalized spacial score (nSPS) is 12.5. The molecule has 0 bridgehead atoms. The highest BCUT2D eigenvalue weighted by Crippen LogP contribution is 2.27. The lowest BCUT2D eigenvalue weighted by Crippen LogP contribution is -2.30. The number of aromatic nitrogens is 1. The molecule has 3 nitrogen and oxygen atoms in total. The summed E-state index contributed by atoms with van der Waals surface area (Å²) >= 11 is 5.80. The highest BCUT2D eigenvalue weighted by Gasteiger charge is 2.20. The molecule has 5 heteroatoms. The molecule has 19 heavy (non-hydrogen) atoms. The fourth-order valence-corrected chi connectivity index (χ4v) is 2.28. The third-order valence-electron chi connectivity index (χ3n) is 2.98. The van der Waals surface area contributed by atoms with Crippen molar-refractivity contribution in [3.63, 3.8) is 0 Å². The number of rotatable bonds is 3. The van der Waals surface area contributed by atoms with E-state index in [4.69, 9.17) is 17.4 Å². The molecule has 1 unspecified atom stereocenters. The van der Waals surface area contributed by atoms with E-state index >= 15 is 0 Å². The summed E-state index contributed by atoms with van der Waals surface area (Å²) in [6, 6.07) is 6.33. The summed E-state index contributed by atoms with van der Waals surface area (Å²) in [4.78, 5) is 4.19. The largest absolute Gasteiger partial charge is 0.271 e. The molecule has 100 valence electrons. The Morgan fingerprint density at radius 2 is 2.05 bits per heavy atom. The van der Waals surface area contributed by atoms with Gasteiger partial charge >= 0.3 is 0 Å². The van der Waals surface area contributed by atoms with Crippen molar-refractivity contribution in [3.05, 3.63) is 63.7 Å². The first-order valence-electron chi connectivity index (χ1n) is 5.87. The van der Waals surface area contributed by atoms with E-state index < -0.39 is 6.04 Å². The molecule has 0 amide bonds. The van der Waals surface area contributed by atoms with Crippen LogP contribution < -0.4 is 11.3 Å². The number of benzene rings is 1. The Hall–Kier alpha value is -1.49. The summed E-state index contributed by atoms with van der Waals surface area (Å²) in [5, 5.41) is 0.528. The van der Waals surface area contributed by atoms with E-state index in [1.54, 1.807) is 12.1 Å². The Morgan fingerprint density at radius 3 is 2.58 bits per heavy atom. The molecular weight excluding hydrogens is 265 g/mol. The molecule has 0 fully saturated rings. The third-order valence-corrected chi connectivity index (χ3v) is 3.21. The van der Waals surface area contributed by atoms with Gasteiger partial charge in [0, 0.05) is 11.8 Å². The molecule has 3 N–H and O–H groups in total. The van der Waals surface area contributed by atoms with E-state index in [2.05, 4.69) is 10.4 Å². The molecule has 0 radical (unpaired) electrons. The summed E-state index contributed by atoms with van der Waals surface area (Å²) in [6.07, 6.45) is 1.52. The third kappa shape index (κ3) is 2.92. The van der Waals surface area contributed by atoms with Gasteiger partial charge in [0.05, 0.1) is 16.8 Å². The van der Waals surface area contributed by atoms with E-state index in [1.807, 2.05) is 19.9 Å². The molecule has 1 aromatic carbocycles. The maximum Gasteiger partial charge on any atom is 0.128 e. The first-order chi connectivity index (χ1) is 9.02. The fourth-order valence-electron chi connectivity index (χ4n) is 2.17. The lowest BCUT2D eigenvalue weighted by molar-refractivity contribution is 0.549. The van der Waals surface area contributed by atoms with Crippen LogP contribution in [0, 0.1) is 19.7 Å². The Labute approximate surface area is 116 Å². The number of hydrogen-bond donors (Lipinski definition) is 2. The Morgan fingerprint density at radius 1 is 1.32 bits per heavy atom. The van der Waals surface area contributed by atoms with Crippen LogP contribution in [0.5, 0.6) is 0 Å². The second-order valence-electron chi connectivity index (χ2n) is 4.48. The fraction of sp³-hybridized carbons (Fsp3) is 0.214. The molecule has 2 rings (SSSR count). The van der Waals surface area contributed by atoms with Crippen LogP contribution in [0.25, 0.3) is 0 Å². The average molecular weight is 280 g/mol.